The number of hydrogen-bond acceptors (Lipinski definition) is 3. The summed E-state index contributed by atoms with van der Waals surface area (Å²) in [6.07, 6.45) is 0. The molecule has 6 heteroatoms. The molecule has 0 spiro atoms. The third kappa shape index (κ3) is 3.89. The van der Waals surface area contributed by atoms with Gasteiger partial charge in [-0.15, -0.1) is 0 Å². The van der Waals surface area contributed by atoms with Gasteiger partial charge in [0.1, 0.15) is 0 Å². The monoisotopic (exact) mass is 355 g/mol. The van der Waals surface area contributed by atoms with Gasteiger partial charge < -0.3 is 5.11 Å². The van der Waals surface area contributed by atoms with Gasteiger partial charge in [-0.05, 0) is 35.4 Å². The average Bonchev–Trinajstić information content (AvgIpc) is 2.46. The molecule has 0 aromatic heterocycles. The van der Waals surface area contributed by atoms with E-state index in [2.05, 4.69) is 20.7 Å². The topological polar surface area (TPSA) is 66.4 Å². The summed E-state index contributed by atoms with van der Waals surface area (Å²) in [6, 6.07) is 13.6. The van der Waals surface area contributed by atoms with Crippen LogP contribution in [0.15, 0.2) is 57.9 Å². The van der Waals surface area contributed by atoms with Gasteiger partial charge in [-0.3, -0.25) is 0 Å². The molecule has 0 radical (unpaired) electrons. The van der Waals surface area contributed by atoms with Gasteiger partial charge in [0, 0.05) is 11.0 Å². The first kappa shape index (κ1) is 15.2. The predicted molar refractivity (Wildman–Crippen MR) is 80.5 cm³/mol. The fourth-order valence-electron chi connectivity index (χ4n) is 1.71. The molecule has 0 atom stereocenters. The Bertz CT molecular complexity index is 684. The molecule has 0 aliphatic carbocycles. The molecule has 2 rings (SSSR count). The predicted octanol–water partition coefficient (Wildman–Crippen LogP) is 2.42. The van der Waals surface area contributed by atoms with Crippen LogP contribution in [-0.2, 0) is 23.2 Å². The number of nitrogens with one attached hydrogen (secondary N) is 1. The molecule has 0 fully saturated rings. The van der Waals surface area contributed by atoms with Crippen molar-refractivity contribution < 1.29 is 13.5 Å². The molecule has 0 amide bonds. The van der Waals surface area contributed by atoms with Crippen molar-refractivity contribution in [2.45, 2.75) is 18.0 Å². The Morgan fingerprint density at radius 1 is 1.05 bits per heavy atom. The van der Waals surface area contributed by atoms with E-state index in [9.17, 15) is 8.42 Å². The van der Waals surface area contributed by atoms with Gasteiger partial charge in [0.25, 0.3) is 0 Å². The molecule has 0 heterocycles. The lowest BCUT2D eigenvalue weighted by atomic mass is 10.1. The molecule has 106 valence electrons. The smallest absolute Gasteiger partial charge is 0.240 e. The lowest BCUT2D eigenvalue weighted by Gasteiger charge is -2.08. The molecule has 0 saturated heterocycles. The summed E-state index contributed by atoms with van der Waals surface area (Å²) in [5, 5.41) is 9.05. The largest absolute Gasteiger partial charge is 0.392 e. The average molecular weight is 356 g/mol. The van der Waals surface area contributed by atoms with Gasteiger partial charge in [0.15, 0.2) is 0 Å². The van der Waals surface area contributed by atoms with E-state index in [1.807, 2.05) is 6.07 Å². The molecule has 0 saturated carbocycles. The van der Waals surface area contributed by atoms with E-state index in [0.717, 1.165) is 15.6 Å². The minimum absolute atomic E-state index is 0.0622. The fourth-order valence-corrected chi connectivity index (χ4v) is 3.00. The molecule has 0 bridgehead atoms. The normalized spacial score (nSPS) is 11.5. The SMILES string of the molecule is O=S(=O)(NCc1cccc(CO)c1)c1ccc(Br)cc1. The van der Waals surface area contributed by atoms with Crippen LogP contribution in [0.4, 0.5) is 0 Å². The van der Waals surface area contributed by atoms with Crippen molar-refractivity contribution in [1.29, 1.82) is 0 Å². The molecule has 0 aliphatic rings. The zero-order valence-electron chi connectivity index (χ0n) is 10.6. The van der Waals surface area contributed by atoms with Crippen LogP contribution in [-0.4, -0.2) is 13.5 Å². The zero-order chi connectivity index (χ0) is 14.6. The Labute approximate surface area is 126 Å². The van der Waals surface area contributed by atoms with Crippen molar-refractivity contribution in [1.82, 2.24) is 4.72 Å². The second-order valence-corrected chi connectivity index (χ2v) is 6.94. The van der Waals surface area contributed by atoms with E-state index in [1.54, 1.807) is 30.3 Å². The Morgan fingerprint density at radius 2 is 1.70 bits per heavy atom. The molecule has 2 N–H and O–H groups in total. The van der Waals surface area contributed by atoms with E-state index in [-0.39, 0.29) is 18.0 Å². The number of benzene rings is 2. The number of aliphatic hydroxyl groups excluding tert-OH is 1. The first-order valence-electron chi connectivity index (χ1n) is 5.95. The van der Waals surface area contributed by atoms with Crippen LogP contribution >= 0.6 is 15.9 Å². The van der Waals surface area contributed by atoms with Crippen molar-refractivity contribution in [3.05, 3.63) is 64.1 Å². The highest BCUT2D eigenvalue weighted by molar-refractivity contribution is 9.10. The van der Waals surface area contributed by atoms with Crippen LogP contribution in [0.5, 0.6) is 0 Å². The summed E-state index contributed by atoms with van der Waals surface area (Å²) < 4.78 is 27.6. The zero-order valence-corrected chi connectivity index (χ0v) is 13.0. The van der Waals surface area contributed by atoms with Crippen LogP contribution in [0.2, 0.25) is 0 Å². The molecule has 0 aliphatic heterocycles. The van der Waals surface area contributed by atoms with E-state index < -0.39 is 10.0 Å². The van der Waals surface area contributed by atoms with Crippen LogP contribution in [0.1, 0.15) is 11.1 Å². The fraction of sp³-hybridized carbons (Fsp3) is 0.143. The van der Waals surface area contributed by atoms with Crippen LogP contribution in [0.3, 0.4) is 0 Å². The molecular formula is C14H14BrNO3S. The molecule has 4 nitrogen and oxygen atoms in total. The highest BCUT2D eigenvalue weighted by atomic mass is 79.9. The van der Waals surface area contributed by atoms with Crippen LogP contribution in [0, 0.1) is 0 Å². The number of aliphatic hydroxyl groups is 1. The molecule has 2 aromatic rings. The maximum absolute atomic E-state index is 12.1. The summed E-state index contributed by atoms with van der Waals surface area (Å²) >= 11 is 3.26. The van der Waals surface area contributed by atoms with Crippen molar-refractivity contribution in [3.63, 3.8) is 0 Å². The summed E-state index contributed by atoms with van der Waals surface area (Å²) in [5.41, 5.74) is 1.56. The first-order valence-corrected chi connectivity index (χ1v) is 8.23. The van der Waals surface area contributed by atoms with Gasteiger partial charge in [-0.1, -0.05) is 40.2 Å². The first-order chi connectivity index (χ1) is 9.51. The van der Waals surface area contributed by atoms with E-state index in [0.29, 0.717) is 0 Å². The Morgan fingerprint density at radius 3 is 2.35 bits per heavy atom. The quantitative estimate of drug-likeness (QED) is 0.865. The Balaban J connectivity index is 2.10. The van der Waals surface area contributed by atoms with Gasteiger partial charge in [0.05, 0.1) is 11.5 Å². The van der Waals surface area contributed by atoms with Crippen molar-refractivity contribution in [2.75, 3.05) is 0 Å². The van der Waals surface area contributed by atoms with E-state index in [1.165, 1.54) is 12.1 Å². The minimum atomic E-state index is -3.53. The van der Waals surface area contributed by atoms with E-state index >= 15 is 0 Å². The third-order valence-corrected chi connectivity index (χ3v) is 4.71. The van der Waals surface area contributed by atoms with Crippen molar-refractivity contribution in [3.8, 4) is 0 Å². The van der Waals surface area contributed by atoms with Crippen molar-refractivity contribution in [2.24, 2.45) is 0 Å². The van der Waals surface area contributed by atoms with Crippen LogP contribution in [0.25, 0.3) is 0 Å². The molecular weight excluding hydrogens is 342 g/mol. The highest BCUT2D eigenvalue weighted by Gasteiger charge is 2.13. The van der Waals surface area contributed by atoms with Crippen molar-refractivity contribution >= 4 is 26.0 Å². The Hall–Kier alpha value is -1.21. The lowest BCUT2D eigenvalue weighted by molar-refractivity contribution is 0.281. The standard InChI is InChI=1S/C14H14BrNO3S/c15-13-4-6-14(7-5-13)20(18,19)16-9-11-2-1-3-12(8-11)10-17/h1-8,16-17H,9-10H2. The van der Waals surface area contributed by atoms with Gasteiger partial charge in [0.2, 0.25) is 10.0 Å². The van der Waals surface area contributed by atoms with Gasteiger partial charge in [-0.2, -0.15) is 0 Å². The molecule has 2 aromatic carbocycles. The molecule has 20 heavy (non-hydrogen) atoms. The summed E-state index contributed by atoms with van der Waals surface area (Å²) in [5.74, 6) is 0. The third-order valence-electron chi connectivity index (χ3n) is 2.76. The highest BCUT2D eigenvalue weighted by Crippen LogP contribution is 2.15. The second-order valence-electron chi connectivity index (χ2n) is 4.26. The molecule has 0 unspecified atom stereocenters. The number of sulfonamides is 1. The minimum Gasteiger partial charge on any atom is -0.392 e. The summed E-state index contributed by atoms with van der Waals surface area (Å²) in [7, 11) is -3.53. The summed E-state index contributed by atoms with van der Waals surface area (Å²) in [6.45, 7) is 0.125. The Kier molecular flexibility index (Phi) is 4.93. The summed E-state index contributed by atoms with van der Waals surface area (Å²) in [4.78, 5) is 0.221. The lowest BCUT2D eigenvalue weighted by Crippen LogP contribution is -2.23. The maximum Gasteiger partial charge on any atom is 0.240 e. The van der Waals surface area contributed by atoms with Crippen LogP contribution < -0.4 is 4.72 Å². The van der Waals surface area contributed by atoms with Gasteiger partial charge in [-0.25, -0.2) is 13.1 Å². The maximum atomic E-state index is 12.1. The van der Waals surface area contributed by atoms with Gasteiger partial charge >= 0.3 is 0 Å². The number of halogens is 1. The van der Waals surface area contributed by atoms with E-state index in [4.69, 9.17) is 5.11 Å². The second kappa shape index (κ2) is 6.49. The number of hydrogen-bond donors (Lipinski definition) is 2. The number of rotatable bonds is 5.